The number of aliphatic hydroxyl groups is 2. The monoisotopic (exact) mass is 456 g/mol. The first-order chi connectivity index (χ1) is 14.9. The predicted molar refractivity (Wildman–Crippen MR) is 126 cm³/mol. The van der Waals surface area contributed by atoms with Crippen LogP contribution < -0.4 is 0 Å². The van der Waals surface area contributed by atoms with Crippen LogP contribution in [0.15, 0.2) is 12.2 Å². The van der Waals surface area contributed by atoms with Crippen LogP contribution in [0.5, 0.6) is 0 Å². The number of hydrogen-bond donors (Lipinski definition) is 2. The van der Waals surface area contributed by atoms with Crippen LogP contribution in [0.1, 0.15) is 111 Å². The van der Waals surface area contributed by atoms with E-state index in [-0.39, 0.29) is 0 Å². The molecular formula is C24H45AlO6. The fourth-order valence-corrected chi connectivity index (χ4v) is 4.97. The lowest BCUT2D eigenvalue weighted by Gasteiger charge is -2.16. The van der Waals surface area contributed by atoms with E-state index in [1.54, 1.807) is 0 Å². The summed E-state index contributed by atoms with van der Waals surface area (Å²) in [5, 5.41) is 19.1. The van der Waals surface area contributed by atoms with Crippen molar-refractivity contribution in [1.82, 2.24) is 0 Å². The Hall–Kier alpha value is -0.868. The molecule has 0 heterocycles. The van der Waals surface area contributed by atoms with Gasteiger partial charge in [-0.3, -0.25) is 9.59 Å². The maximum Gasteiger partial charge on any atom is 0.860 e. The maximum absolute atomic E-state index is 11.6. The molecule has 0 bridgehead atoms. The third-order valence-electron chi connectivity index (χ3n) is 5.13. The van der Waals surface area contributed by atoms with Crippen molar-refractivity contribution >= 4 is 26.8 Å². The van der Waals surface area contributed by atoms with Crippen molar-refractivity contribution in [3.05, 3.63) is 12.2 Å². The molecule has 6 nitrogen and oxygen atoms in total. The van der Waals surface area contributed by atoms with Crippen molar-refractivity contribution < 1.29 is 27.4 Å². The summed E-state index contributed by atoms with van der Waals surface area (Å²) in [4.78, 5) is 23.2. The Balaban J connectivity index is 3.74. The van der Waals surface area contributed by atoms with Crippen molar-refractivity contribution in [2.24, 2.45) is 0 Å². The number of allylic oxidation sites excluding steroid dienone is 2. The zero-order valence-electron chi connectivity index (χ0n) is 20.0. The molecule has 0 aromatic carbocycles. The van der Waals surface area contributed by atoms with E-state index in [1.807, 2.05) is 0 Å². The first kappa shape index (κ1) is 30.1. The lowest BCUT2D eigenvalue weighted by atomic mass is 10.1. The maximum atomic E-state index is 11.6. The van der Waals surface area contributed by atoms with Gasteiger partial charge in [-0.2, -0.15) is 0 Å². The summed E-state index contributed by atoms with van der Waals surface area (Å²) in [6, 6.07) is 0. The molecule has 0 rings (SSSR count). The molecule has 0 aromatic heterocycles. The smallest absolute Gasteiger partial charge is 0.583 e. The van der Waals surface area contributed by atoms with Gasteiger partial charge in [0.15, 0.2) is 0 Å². The van der Waals surface area contributed by atoms with Crippen molar-refractivity contribution in [2.45, 2.75) is 128 Å². The molecule has 0 aliphatic rings. The molecule has 0 radical (unpaired) electrons. The molecular weight excluding hydrogens is 411 g/mol. The quantitative estimate of drug-likeness (QED) is 0.146. The van der Waals surface area contributed by atoms with E-state index in [0.717, 1.165) is 25.7 Å². The third-order valence-corrected chi connectivity index (χ3v) is 7.00. The molecule has 2 unspecified atom stereocenters. The Labute approximate surface area is 194 Å². The highest BCUT2D eigenvalue weighted by Gasteiger charge is 2.37. The fourth-order valence-electron chi connectivity index (χ4n) is 3.16. The lowest BCUT2D eigenvalue weighted by molar-refractivity contribution is -0.149. The number of rotatable bonds is 20. The summed E-state index contributed by atoms with van der Waals surface area (Å²) in [5.74, 6) is -1.56. The van der Waals surface area contributed by atoms with Crippen molar-refractivity contribution in [3.8, 4) is 0 Å². The van der Waals surface area contributed by atoms with Gasteiger partial charge in [-0.05, 0) is 44.8 Å². The molecule has 2 atom stereocenters. The second-order valence-electron chi connectivity index (χ2n) is 8.38. The molecule has 0 saturated heterocycles. The number of unbranched alkanes of at least 4 members (excludes halogenated alkanes) is 12. The van der Waals surface area contributed by atoms with Crippen LogP contribution in [0.25, 0.3) is 0 Å². The topological polar surface area (TPSA) is 93.1 Å². The molecule has 31 heavy (non-hydrogen) atoms. The number of carbonyl (C=O) groups is 2. The number of aliphatic hydroxyl groups excluding tert-OH is 2. The molecule has 0 amide bonds. The van der Waals surface area contributed by atoms with Crippen molar-refractivity contribution in [2.75, 3.05) is 0 Å². The second-order valence-corrected chi connectivity index (χ2v) is 10.3. The highest BCUT2D eigenvalue weighted by Crippen LogP contribution is 2.13. The van der Waals surface area contributed by atoms with Crippen LogP contribution in [-0.4, -0.2) is 49.2 Å². The van der Waals surface area contributed by atoms with Gasteiger partial charge in [0.2, 0.25) is 0 Å². The molecule has 0 aliphatic carbocycles. The van der Waals surface area contributed by atoms with Gasteiger partial charge in [-0.1, -0.05) is 83.3 Å². The highest BCUT2D eigenvalue weighted by atomic mass is 27.2. The lowest BCUT2D eigenvalue weighted by Crippen LogP contribution is -2.35. The molecule has 0 saturated carbocycles. The van der Waals surface area contributed by atoms with Crippen LogP contribution in [0.3, 0.4) is 0 Å². The van der Waals surface area contributed by atoms with Gasteiger partial charge < -0.3 is 17.8 Å². The van der Waals surface area contributed by atoms with Crippen LogP contribution in [-0.2, 0) is 17.2 Å². The van der Waals surface area contributed by atoms with Gasteiger partial charge in [0.05, 0.1) is 0 Å². The van der Waals surface area contributed by atoms with Crippen molar-refractivity contribution in [1.29, 1.82) is 0 Å². The predicted octanol–water partition coefficient (Wildman–Crippen LogP) is 5.36. The van der Waals surface area contributed by atoms with Gasteiger partial charge in [0.1, 0.15) is 12.2 Å². The molecule has 0 fully saturated rings. The van der Waals surface area contributed by atoms with Gasteiger partial charge in [0, 0.05) is 0 Å². The van der Waals surface area contributed by atoms with E-state index in [0.29, 0.717) is 5.28 Å². The second kappa shape index (κ2) is 21.0. The molecule has 0 aliphatic heterocycles. The number of hydrogen-bond acceptors (Lipinski definition) is 6. The van der Waals surface area contributed by atoms with E-state index < -0.39 is 39.0 Å². The Morgan fingerprint density at radius 3 is 1.52 bits per heavy atom. The zero-order valence-corrected chi connectivity index (χ0v) is 21.2. The molecule has 7 heteroatoms. The molecule has 2 N–H and O–H groups in total. The Morgan fingerprint density at radius 2 is 1.10 bits per heavy atom. The number of carbonyl (C=O) groups excluding carboxylic acids is 2. The minimum absolute atomic E-state index is 0.498. The summed E-state index contributed by atoms with van der Waals surface area (Å²) in [6.07, 6.45) is 19.0. The summed E-state index contributed by atoms with van der Waals surface area (Å²) in [7, 11) is 0. The molecule has 0 spiro atoms. The van der Waals surface area contributed by atoms with E-state index in [4.69, 9.17) is 7.58 Å². The Morgan fingerprint density at radius 1 is 0.710 bits per heavy atom. The fraction of sp³-hybridized carbons (Fsp3) is 0.833. The Bertz CT molecular complexity index is 457. The molecule has 0 aromatic rings. The van der Waals surface area contributed by atoms with Crippen LogP contribution >= 0.6 is 0 Å². The summed E-state index contributed by atoms with van der Waals surface area (Å²) >= 11 is -2.58. The minimum atomic E-state index is -2.58. The Kier molecular flexibility index (Phi) is 20.4. The van der Waals surface area contributed by atoms with Crippen LogP contribution in [0, 0.1) is 0 Å². The van der Waals surface area contributed by atoms with E-state index in [2.05, 4.69) is 19.1 Å². The summed E-state index contributed by atoms with van der Waals surface area (Å²) < 4.78 is 10.3. The van der Waals surface area contributed by atoms with E-state index in [1.165, 1.54) is 78.1 Å². The highest BCUT2D eigenvalue weighted by molar-refractivity contribution is 6.49. The first-order valence-electron chi connectivity index (χ1n) is 12.3. The molecule has 180 valence electrons. The minimum Gasteiger partial charge on any atom is -0.583 e. The van der Waals surface area contributed by atoms with Gasteiger partial charge in [0.25, 0.3) is 0 Å². The standard InChI is InChI=1S/C18H35.2C3H6O3.Al/c1-3-5-7-9-11-13-15-17-18-16-14-12-10-8-6-4-2;2*1-2(4)3(5)6;/h17-18H,1,3-16H2,2H3;2*2,4H,1H3,(H,5,6);/q;;;+2/p-2/b18-17-;;;. The van der Waals surface area contributed by atoms with Crippen LogP contribution in [0.4, 0.5) is 0 Å². The van der Waals surface area contributed by atoms with Crippen LogP contribution in [0.2, 0.25) is 5.28 Å². The zero-order chi connectivity index (χ0) is 23.3. The largest absolute Gasteiger partial charge is 0.860 e. The van der Waals surface area contributed by atoms with E-state index in [9.17, 15) is 19.8 Å². The SMILES string of the molecule is CCCCCCCC/C=C\CCCCCCC[CH2][Al]([O]C(=O)C(C)O)[O]C(=O)C(C)O. The van der Waals surface area contributed by atoms with Gasteiger partial charge >= 0.3 is 26.8 Å². The van der Waals surface area contributed by atoms with Gasteiger partial charge in [-0.25, -0.2) is 0 Å². The summed E-state index contributed by atoms with van der Waals surface area (Å²) in [5.41, 5.74) is 0. The third kappa shape index (κ3) is 19.5. The first-order valence-corrected chi connectivity index (χ1v) is 14.1. The van der Waals surface area contributed by atoms with Crippen molar-refractivity contribution in [3.63, 3.8) is 0 Å². The summed E-state index contributed by atoms with van der Waals surface area (Å²) in [6.45, 7) is 4.88. The normalized spacial score (nSPS) is 13.2. The average Bonchev–Trinajstić information content (AvgIpc) is 2.72. The van der Waals surface area contributed by atoms with Gasteiger partial charge in [-0.15, -0.1) is 0 Å². The van der Waals surface area contributed by atoms with E-state index >= 15 is 0 Å². The average molecular weight is 457 g/mol.